The van der Waals surface area contributed by atoms with Crippen molar-refractivity contribution in [2.45, 2.75) is 6.42 Å². The van der Waals surface area contributed by atoms with Crippen LogP contribution >= 0.6 is 0 Å². The summed E-state index contributed by atoms with van der Waals surface area (Å²) in [6.45, 7) is 0.517. The Morgan fingerprint density at radius 3 is 2.82 bits per heavy atom. The summed E-state index contributed by atoms with van der Waals surface area (Å²) in [7, 11) is 5.34. The van der Waals surface area contributed by atoms with Crippen LogP contribution in [-0.4, -0.2) is 24.4 Å². The van der Waals surface area contributed by atoms with Crippen molar-refractivity contribution in [3.05, 3.63) is 11.9 Å². The SMILES string of the molecule is [B]c1cnc(CCN)c(N)n1. The van der Waals surface area contributed by atoms with Crippen LogP contribution in [0.2, 0.25) is 0 Å². The van der Waals surface area contributed by atoms with Gasteiger partial charge in [0.2, 0.25) is 0 Å². The Bertz CT molecular complexity index is 250. The van der Waals surface area contributed by atoms with Crippen molar-refractivity contribution in [3.8, 4) is 0 Å². The van der Waals surface area contributed by atoms with Gasteiger partial charge in [-0.05, 0) is 6.54 Å². The lowest BCUT2D eigenvalue weighted by Gasteiger charge is -2.01. The standard InChI is InChI=1S/C6H9BN4/c7-5-3-10-4(1-2-8)6(9)11-5/h3H,1-2,8H2,(H2,9,11). The monoisotopic (exact) mass is 148 g/mol. The highest BCUT2D eigenvalue weighted by Crippen LogP contribution is 2.00. The molecule has 0 aromatic carbocycles. The van der Waals surface area contributed by atoms with Gasteiger partial charge in [-0.3, -0.25) is 4.98 Å². The molecule has 0 aliphatic carbocycles. The number of aromatic nitrogens is 2. The van der Waals surface area contributed by atoms with Gasteiger partial charge >= 0.3 is 0 Å². The summed E-state index contributed by atoms with van der Waals surface area (Å²) in [5.41, 5.74) is 11.9. The van der Waals surface area contributed by atoms with Crippen molar-refractivity contribution >= 4 is 19.3 Å². The molecule has 0 bridgehead atoms. The summed E-state index contributed by atoms with van der Waals surface area (Å²) < 4.78 is 0. The number of anilines is 1. The molecule has 0 spiro atoms. The molecular formula is C6H9BN4. The zero-order chi connectivity index (χ0) is 8.27. The molecule has 0 fully saturated rings. The number of nitrogen functional groups attached to an aromatic ring is 1. The fraction of sp³-hybridized carbons (Fsp3) is 0.333. The lowest BCUT2D eigenvalue weighted by molar-refractivity contribution is 0.918. The summed E-state index contributed by atoms with van der Waals surface area (Å²) in [4.78, 5) is 7.80. The Hall–Kier alpha value is -1.10. The third kappa shape index (κ3) is 1.91. The lowest BCUT2D eigenvalue weighted by Crippen LogP contribution is -2.16. The average molecular weight is 148 g/mol. The predicted molar refractivity (Wildman–Crippen MR) is 44.6 cm³/mol. The minimum absolute atomic E-state index is 0.336. The fourth-order valence-corrected chi connectivity index (χ4v) is 0.772. The van der Waals surface area contributed by atoms with E-state index in [0.29, 0.717) is 30.1 Å². The molecule has 5 heteroatoms. The first-order valence-electron chi connectivity index (χ1n) is 3.31. The summed E-state index contributed by atoms with van der Waals surface area (Å²) in [6, 6.07) is 0. The molecule has 1 aromatic heterocycles. The van der Waals surface area contributed by atoms with E-state index >= 15 is 0 Å². The molecule has 1 heterocycles. The molecular weight excluding hydrogens is 139 g/mol. The average Bonchev–Trinajstić information content (AvgIpc) is 1.95. The lowest BCUT2D eigenvalue weighted by atomic mass is 10.1. The smallest absolute Gasteiger partial charge is 0.144 e. The minimum atomic E-state index is 0.336. The van der Waals surface area contributed by atoms with E-state index in [1.807, 2.05) is 0 Å². The number of rotatable bonds is 2. The van der Waals surface area contributed by atoms with Gasteiger partial charge < -0.3 is 11.5 Å². The van der Waals surface area contributed by atoms with Gasteiger partial charge in [0.05, 0.1) is 5.69 Å². The van der Waals surface area contributed by atoms with Gasteiger partial charge in [0.15, 0.2) is 0 Å². The minimum Gasteiger partial charge on any atom is -0.382 e. The third-order valence-electron chi connectivity index (χ3n) is 1.28. The highest BCUT2D eigenvalue weighted by Gasteiger charge is 1.99. The molecule has 1 aromatic rings. The molecule has 56 valence electrons. The second-order valence-corrected chi connectivity index (χ2v) is 2.17. The zero-order valence-electron chi connectivity index (χ0n) is 6.12. The summed E-state index contributed by atoms with van der Waals surface area (Å²) in [5, 5.41) is 0. The molecule has 0 aliphatic rings. The highest BCUT2D eigenvalue weighted by molar-refractivity contribution is 6.30. The Kier molecular flexibility index (Phi) is 2.43. The molecule has 4 N–H and O–H groups in total. The highest BCUT2D eigenvalue weighted by atomic mass is 14.9. The number of hydrogen-bond donors (Lipinski definition) is 2. The first-order valence-corrected chi connectivity index (χ1v) is 3.31. The van der Waals surface area contributed by atoms with Crippen LogP contribution in [0.15, 0.2) is 6.20 Å². The maximum absolute atomic E-state index is 5.50. The van der Waals surface area contributed by atoms with Crippen LogP contribution in [0.5, 0.6) is 0 Å². The van der Waals surface area contributed by atoms with Gasteiger partial charge in [-0.1, -0.05) is 0 Å². The first kappa shape index (κ1) is 8.01. The van der Waals surface area contributed by atoms with E-state index in [9.17, 15) is 0 Å². The van der Waals surface area contributed by atoms with E-state index in [1.165, 1.54) is 6.20 Å². The molecule has 0 unspecified atom stereocenters. The van der Waals surface area contributed by atoms with Gasteiger partial charge in [0, 0.05) is 18.2 Å². The van der Waals surface area contributed by atoms with Crippen molar-refractivity contribution in [2.75, 3.05) is 12.3 Å². The number of nitrogens with zero attached hydrogens (tertiary/aromatic N) is 2. The molecule has 0 saturated carbocycles. The Labute approximate surface area is 66.4 Å². The van der Waals surface area contributed by atoms with Gasteiger partial charge in [0.25, 0.3) is 0 Å². The van der Waals surface area contributed by atoms with Gasteiger partial charge in [-0.15, -0.1) is 0 Å². The molecule has 0 aliphatic heterocycles. The normalized spacial score (nSPS) is 9.91. The van der Waals surface area contributed by atoms with Crippen LogP contribution in [-0.2, 0) is 6.42 Å². The third-order valence-corrected chi connectivity index (χ3v) is 1.28. The maximum Gasteiger partial charge on any atom is 0.144 e. The topological polar surface area (TPSA) is 77.8 Å². The molecule has 0 saturated heterocycles. The van der Waals surface area contributed by atoms with Crippen LogP contribution in [0.3, 0.4) is 0 Å². The molecule has 11 heavy (non-hydrogen) atoms. The van der Waals surface area contributed by atoms with Crippen molar-refractivity contribution in [2.24, 2.45) is 5.73 Å². The van der Waals surface area contributed by atoms with Crippen LogP contribution in [0.4, 0.5) is 5.82 Å². The summed E-state index contributed by atoms with van der Waals surface area (Å²) in [6.07, 6.45) is 2.11. The zero-order valence-corrected chi connectivity index (χ0v) is 6.12. The molecule has 4 nitrogen and oxygen atoms in total. The van der Waals surface area contributed by atoms with E-state index in [1.54, 1.807) is 0 Å². The summed E-state index contributed by atoms with van der Waals surface area (Å²) in [5.74, 6) is 0.371. The van der Waals surface area contributed by atoms with Crippen molar-refractivity contribution in [3.63, 3.8) is 0 Å². The van der Waals surface area contributed by atoms with E-state index in [0.717, 1.165) is 0 Å². The Morgan fingerprint density at radius 2 is 2.27 bits per heavy atom. The quantitative estimate of drug-likeness (QED) is 0.492. The van der Waals surface area contributed by atoms with Crippen LogP contribution in [0.25, 0.3) is 0 Å². The molecule has 2 radical (unpaired) electrons. The number of nitrogens with two attached hydrogens (primary N) is 2. The number of hydrogen-bond acceptors (Lipinski definition) is 4. The Balaban J connectivity index is 2.90. The van der Waals surface area contributed by atoms with Crippen LogP contribution < -0.4 is 17.1 Å². The van der Waals surface area contributed by atoms with Gasteiger partial charge in [-0.2, -0.15) is 0 Å². The van der Waals surface area contributed by atoms with Gasteiger partial charge in [0.1, 0.15) is 13.7 Å². The predicted octanol–water partition coefficient (Wildman–Crippen LogP) is -1.65. The van der Waals surface area contributed by atoms with E-state index in [-0.39, 0.29) is 0 Å². The first-order chi connectivity index (χ1) is 5.24. The second-order valence-electron chi connectivity index (χ2n) is 2.17. The van der Waals surface area contributed by atoms with Crippen molar-refractivity contribution in [1.29, 1.82) is 0 Å². The van der Waals surface area contributed by atoms with E-state index in [2.05, 4.69) is 9.97 Å². The molecule has 0 amide bonds. The second kappa shape index (κ2) is 3.34. The van der Waals surface area contributed by atoms with Crippen molar-refractivity contribution < 1.29 is 0 Å². The van der Waals surface area contributed by atoms with E-state index < -0.39 is 0 Å². The van der Waals surface area contributed by atoms with Crippen LogP contribution in [0, 0.1) is 0 Å². The fourth-order valence-electron chi connectivity index (χ4n) is 0.772. The van der Waals surface area contributed by atoms with Gasteiger partial charge in [-0.25, -0.2) is 4.98 Å². The van der Waals surface area contributed by atoms with Crippen molar-refractivity contribution in [1.82, 2.24) is 9.97 Å². The van der Waals surface area contributed by atoms with E-state index in [4.69, 9.17) is 19.3 Å². The largest absolute Gasteiger partial charge is 0.382 e. The Morgan fingerprint density at radius 1 is 1.55 bits per heavy atom. The maximum atomic E-state index is 5.50. The molecule has 1 rings (SSSR count). The summed E-state index contributed by atoms with van der Waals surface area (Å²) >= 11 is 0. The van der Waals surface area contributed by atoms with Crippen LogP contribution in [0.1, 0.15) is 5.69 Å². The molecule has 0 atom stereocenters.